The highest BCUT2D eigenvalue weighted by atomic mass is 35.5. The molecule has 1 amide bonds. The minimum Gasteiger partial charge on any atom is -0.490 e. The number of carbonyl (C=O) groups is 2. The number of halogens is 1. The SMILES string of the molecule is COC1/C=C/[C@H](C)CN(C)C(=O)C[C@@](O)(C(=O)O)c2ccc3c(c2)N(C[C@@H]2CC[C@@H]12)C[C@@]1(CCCc2cc(Cl)ccc21)CO3. The maximum absolute atomic E-state index is 13.3. The number of nitrogens with zero attached hydrogens (tertiary/aromatic N) is 2. The third-order valence-corrected chi connectivity index (χ3v) is 10.8. The molecule has 4 aliphatic rings. The molecule has 2 N–H and O–H groups in total. The molecule has 1 fully saturated rings. The maximum atomic E-state index is 13.3. The molecule has 44 heavy (non-hydrogen) atoms. The van der Waals surface area contributed by atoms with Crippen molar-refractivity contribution in [2.75, 3.05) is 45.3 Å². The Labute approximate surface area is 264 Å². The zero-order valence-corrected chi connectivity index (χ0v) is 26.6. The van der Waals surface area contributed by atoms with Gasteiger partial charge in [0, 0.05) is 44.2 Å². The third kappa shape index (κ3) is 5.61. The highest BCUT2D eigenvalue weighted by Gasteiger charge is 2.46. The van der Waals surface area contributed by atoms with Crippen LogP contribution in [0.1, 0.15) is 55.7 Å². The lowest BCUT2D eigenvalue weighted by atomic mass is 9.68. The van der Waals surface area contributed by atoms with Crippen LogP contribution in [0.3, 0.4) is 0 Å². The first-order valence-corrected chi connectivity index (χ1v) is 16.1. The van der Waals surface area contributed by atoms with E-state index in [-0.39, 0.29) is 23.0 Å². The molecular formula is C35H43ClN2O6. The summed E-state index contributed by atoms with van der Waals surface area (Å²) < 4.78 is 12.6. The molecule has 2 aromatic carbocycles. The van der Waals surface area contributed by atoms with Crippen LogP contribution in [0.4, 0.5) is 5.69 Å². The van der Waals surface area contributed by atoms with Crippen LogP contribution in [0.15, 0.2) is 48.6 Å². The number of hydrogen-bond acceptors (Lipinski definition) is 6. The highest BCUT2D eigenvalue weighted by molar-refractivity contribution is 6.30. The molecule has 8 nitrogen and oxygen atoms in total. The molecule has 2 bridgehead atoms. The fraction of sp³-hybridized carbons (Fsp3) is 0.543. The van der Waals surface area contributed by atoms with E-state index in [1.165, 1.54) is 16.0 Å². The number of carboxylic acid groups (broad SMARTS) is 1. The average Bonchev–Trinajstić information content (AvgIpc) is 3.13. The number of aryl methyl sites for hydroxylation is 1. The van der Waals surface area contributed by atoms with Gasteiger partial charge in [-0.05, 0) is 90.8 Å². The quantitative estimate of drug-likeness (QED) is 0.445. The second-order valence-corrected chi connectivity index (χ2v) is 13.9. The van der Waals surface area contributed by atoms with E-state index in [0.29, 0.717) is 37.3 Å². The van der Waals surface area contributed by atoms with Crippen LogP contribution >= 0.6 is 11.6 Å². The minimum atomic E-state index is -2.39. The summed E-state index contributed by atoms with van der Waals surface area (Å²) in [5.41, 5.74) is 0.746. The van der Waals surface area contributed by atoms with Gasteiger partial charge in [0.2, 0.25) is 5.91 Å². The number of benzene rings is 2. The summed E-state index contributed by atoms with van der Waals surface area (Å²) in [6, 6.07) is 11.3. The van der Waals surface area contributed by atoms with Crippen LogP contribution in [0, 0.1) is 17.8 Å². The number of carbonyl (C=O) groups excluding carboxylic acids is 1. The smallest absolute Gasteiger partial charge is 0.340 e. The fourth-order valence-corrected chi connectivity index (χ4v) is 8.05. The van der Waals surface area contributed by atoms with Crippen molar-refractivity contribution in [1.29, 1.82) is 0 Å². The Kier molecular flexibility index (Phi) is 8.46. The van der Waals surface area contributed by atoms with Crippen molar-refractivity contribution < 1.29 is 29.3 Å². The molecule has 2 aliphatic carbocycles. The van der Waals surface area contributed by atoms with Gasteiger partial charge in [-0.25, -0.2) is 4.79 Å². The van der Waals surface area contributed by atoms with Gasteiger partial charge in [0.05, 0.1) is 24.8 Å². The first-order valence-electron chi connectivity index (χ1n) is 15.7. The summed E-state index contributed by atoms with van der Waals surface area (Å²) in [6.45, 7) is 4.32. The second kappa shape index (κ2) is 12.0. The van der Waals surface area contributed by atoms with E-state index in [9.17, 15) is 19.8 Å². The van der Waals surface area contributed by atoms with Crippen LogP contribution in [0.5, 0.6) is 5.75 Å². The van der Waals surface area contributed by atoms with E-state index in [0.717, 1.165) is 49.4 Å². The van der Waals surface area contributed by atoms with Crippen LogP contribution in [0.25, 0.3) is 0 Å². The van der Waals surface area contributed by atoms with E-state index >= 15 is 0 Å². The maximum Gasteiger partial charge on any atom is 0.340 e. The third-order valence-electron chi connectivity index (χ3n) is 10.5. The van der Waals surface area contributed by atoms with Gasteiger partial charge in [-0.15, -0.1) is 0 Å². The van der Waals surface area contributed by atoms with Gasteiger partial charge in [-0.1, -0.05) is 42.8 Å². The molecule has 2 aromatic rings. The predicted octanol–water partition coefficient (Wildman–Crippen LogP) is 5.18. The molecule has 1 spiro atoms. The molecule has 0 saturated heterocycles. The zero-order valence-electron chi connectivity index (χ0n) is 25.8. The first kappa shape index (κ1) is 30.9. The van der Waals surface area contributed by atoms with Crippen LogP contribution in [-0.2, 0) is 31.8 Å². The van der Waals surface area contributed by atoms with Gasteiger partial charge >= 0.3 is 5.97 Å². The van der Waals surface area contributed by atoms with Crippen LogP contribution in [-0.4, -0.2) is 73.5 Å². The minimum absolute atomic E-state index is 0.0272. The Morgan fingerprint density at radius 1 is 1.14 bits per heavy atom. The van der Waals surface area contributed by atoms with E-state index in [1.54, 1.807) is 32.4 Å². The Morgan fingerprint density at radius 2 is 1.95 bits per heavy atom. The van der Waals surface area contributed by atoms with Crippen LogP contribution < -0.4 is 9.64 Å². The molecule has 6 rings (SSSR count). The Balaban J connectivity index is 1.47. The fourth-order valence-electron chi connectivity index (χ4n) is 7.85. The normalized spacial score (nSPS) is 33.0. The Morgan fingerprint density at radius 3 is 2.68 bits per heavy atom. The molecule has 1 unspecified atom stereocenters. The number of rotatable bonds is 2. The summed E-state index contributed by atoms with van der Waals surface area (Å²) in [7, 11) is 3.41. The van der Waals surface area contributed by atoms with Gasteiger partial charge in [0.1, 0.15) is 5.75 Å². The number of aliphatic hydroxyl groups is 1. The number of anilines is 1. The lowest BCUT2D eigenvalue weighted by Gasteiger charge is -2.46. The molecule has 0 radical (unpaired) electrons. The number of hydrogen-bond donors (Lipinski definition) is 2. The van der Waals surface area contributed by atoms with Gasteiger partial charge in [0.25, 0.3) is 0 Å². The molecule has 2 aliphatic heterocycles. The van der Waals surface area contributed by atoms with E-state index in [4.69, 9.17) is 21.1 Å². The lowest BCUT2D eigenvalue weighted by molar-refractivity contribution is -0.164. The number of aliphatic carboxylic acids is 1. The average molecular weight is 623 g/mol. The van der Waals surface area contributed by atoms with E-state index < -0.39 is 23.9 Å². The van der Waals surface area contributed by atoms with Gasteiger partial charge in [-0.3, -0.25) is 4.79 Å². The number of ether oxygens (including phenoxy) is 2. The number of amides is 1. The van der Waals surface area contributed by atoms with E-state index in [2.05, 4.69) is 29.2 Å². The van der Waals surface area contributed by atoms with Gasteiger partial charge in [-0.2, -0.15) is 0 Å². The summed E-state index contributed by atoms with van der Waals surface area (Å²) in [5.74, 6) is -0.530. The molecule has 0 aromatic heterocycles. The molecule has 1 saturated carbocycles. The summed E-state index contributed by atoms with van der Waals surface area (Å²) >= 11 is 6.41. The van der Waals surface area contributed by atoms with Crippen LogP contribution in [0.2, 0.25) is 5.02 Å². The van der Waals surface area contributed by atoms with Crippen molar-refractivity contribution in [2.45, 2.75) is 62.6 Å². The second-order valence-electron chi connectivity index (χ2n) is 13.5. The van der Waals surface area contributed by atoms with Gasteiger partial charge < -0.3 is 29.5 Å². The summed E-state index contributed by atoms with van der Waals surface area (Å²) in [6.07, 6.45) is 8.66. The van der Waals surface area contributed by atoms with Crippen molar-refractivity contribution >= 4 is 29.2 Å². The Hall–Kier alpha value is -3.07. The molecule has 6 atom stereocenters. The molecule has 236 valence electrons. The van der Waals surface area contributed by atoms with Crippen molar-refractivity contribution in [2.24, 2.45) is 17.8 Å². The first-order chi connectivity index (χ1) is 21.0. The lowest BCUT2D eigenvalue weighted by Crippen LogP contribution is -2.49. The zero-order chi connectivity index (χ0) is 31.2. The number of fused-ring (bicyclic) bond motifs is 4. The summed E-state index contributed by atoms with van der Waals surface area (Å²) in [4.78, 5) is 29.8. The standard InChI is InChI=1S/C35H43ClN2O6/c1-22-6-12-30(43-3)27-10-7-24(27)19-38-20-34(14-4-5-23-15-26(36)9-11-28(23)34)21-44-31-13-8-25(16-29(31)38)35(42,33(40)41)17-32(39)37(2)18-22/h6,8-9,11-13,15-16,22,24,27,30,42H,4-5,7,10,14,17-21H2,1-3H3,(H,40,41)/b12-6+/t22-,24-,27+,30?,34-,35-/m0/s1. The molecule has 9 heteroatoms. The number of methoxy groups -OCH3 is 1. The van der Waals surface area contributed by atoms with Crippen molar-refractivity contribution in [3.8, 4) is 5.75 Å². The highest BCUT2D eigenvalue weighted by Crippen LogP contribution is 2.47. The largest absolute Gasteiger partial charge is 0.490 e. The topological polar surface area (TPSA) is 99.5 Å². The van der Waals surface area contributed by atoms with Crippen molar-refractivity contribution in [1.82, 2.24) is 4.90 Å². The molecular weight excluding hydrogens is 580 g/mol. The number of carboxylic acids is 1. The monoisotopic (exact) mass is 622 g/mol. The Bertz CT molecular complexity index is 1460. The predicted molar refractivity (Wildman–Crippen MR) is 169 cm³/mol. The van der Waals surface area contributed by atoms with Crippen molar-refractivity contribution in [3.63, 3.8) is 0 Å². The van der Waals surface area contributed by atoms with E-state index in [1.807, 2.05) is 13.0 Å². The van der Waals surface area contributed by atoms with Gasteiger partial charge in [0.15, 0.2) is 5.60 Å². The summed E-state index contributed by atoms with van der Waals surface area (Å²) in [5, 5.41) is 22.7. The molecule has 2 heterocycles. The van der Waals surface area contributed by atoms with Crippen molar-refractivity contribution in [3.05, 3.63) is 70.3 Å².